The van der Waals surface area contributed by atoms with Crippen LogP contribution >= 0.6 is 0 Å². The Labute approximate surface area is 185 Å². The number of benzene rings is 2. The van der Waals surface area contributed by atoms with Gasteiger partial charge >= 0.3 is 0 Å². The van der Waals surface area contributed by atoms with Crippen molar-refractivity contribution in [2.75, 3.05) is 33.3 Å². The first-order chi connectivity index (χ1) is 14.9. The lowest BCUT2D eigenvalue weighted by Crippen LogP contribution is -2.44. The lowest BCUT2D eigenvalue weighted by Gasteiger charge is -2.27. The van der Waals surface area contributed by atoms with Crippen molar-refractivity contribution in [2.45, 2.75) is 43.9 Å². The van der Waals surface area contributed by atoms with E-state index in [2.05, 4.69) is 0 Å². The molecule has 0 bridgehead atoms. The fourth-order valence-corrected chi connectivity index (χ4v) is 5.51. The van der Waals surface area contributed by atoms with Crippen LogP contribution in [0.3, 0.4) is 0 Å². The van der Waals surface area contributed by atoms with Crippen LogP contribution in [0.1, 0.15) is 36.8 Å². The number of amides is 1. The zero-order valence-electron chi connectivity index (χ0n) is 18.4. The third kappa shape index (κ3) is 6.08. The van der Waals surface area contributed by atoms with Gasteiger partial charge in [0.1, 0.15) is 10.6 Å². The monoisotopic (exact) mass is 444 g/mol. The van der Waals surface area contributed by atoms with E-state index in [1.807, 2.05) is 48.2 Å². The summed E-state index contributed by atoms with van der Waals surface area (Å²) in [6.07, 6.45) is 4.68. The normalized spacial score (nSPS) is 15.0. The summed E-state index contributed by atoms with van der Waals surface area (Å²) < 4.78 is 33.9. The number of rotatable bonds is 8. The van der Waals surface area contributed by atoms with Crippen LogP contribution < -0.4 is 4.74 Å². The van der Waals surface area contributed by atoms with E-state index < -0.39 is 10.0 Å². The minimum Gasteiger partial charge on any atom is -0.495 e. The van der Waals surface area contributed by atoms with Gasteiger partial charge in [-0.15, -0.1) is 0 Å². The van der Waals surface area contributed by atoms with Gasteiger partial charge in [-0.2, -0.15) is 4.31 Å². The highest BCUT2D eigenvalue weighted by atomic mass is 32.2. The number of hydrogen-bond acceptors (Lipinski definition) is 4. The average molecular weight is 445 g/mol. The van der Waals surface area contributed by atoms with E-state index in [-0.39, 0.29) is 29.6 Å². The molecular formula is C24H32N2O4S. The summed E-state index contributed by atoms with van der Waals surface area (Å²) in [5, 5.41) is 0. The molecule has 1 amide bonds. The smallest absolute Gasteiger partial charge is 0.247 e. The highest BCUT2D eigenvalue weighted by Crippen LogP contribution is 2.28. The van der Waals surface area contributed by atoms with E-state index in [4.69, 9.17) is 4.74 Å². The van der Waals surface area contributed by atoms with Crippen molar-refractivity contribution in [1.29, 1.82) is 0 Å². The number of aryl methyl sites for hydroxylation is 1. The van der Waals surface area contributed by atoms with Crippen molar-refractivity contribution in [1.82, 2.24) is 9.21 Å². The molecule has 31 heavy (non-hydrogen) atoms. The summed E-state index contributed by atoms with van der Waals surface area (Å²) in [7, 11) is -2.46. The van der Waals surface area contributed by atoms with E-state index in [9.17, 15) is 13.2 Å². The lowest BCUT2D eigenvalue weighted by molar-refractivity contribution is -0.131. The van der Waals surface area contributed by atoms with Gasteiger partial charge in [-0.3, -0.25) is 4.79 Å². The number of methoxy groups -OCH3 is 1. The van der Waals surface area contributed by atoms with E-state index in [1.165, 1.54) is 11.4 Å². The predicted molar refractivity (Wildman–Crippen MR) is 122 cm³/mol. The summed E-state index contributed by atoms with van der Waals surface area (Å²) in [5.41, 5.74) is 1.85. The van der Waals surface area contributed by atoms with E-state index in [1.54, 1.807) is 12.1 Å². The first kappa shape index (κ1) is 23.3. The standard InChI is InChI=1S/C24H32N2O4S/c1-20-12-13-22(30-2)23(18-20)31(28,29)26(17-14-21-10-6-5-7-11-21)19-24(27)25-15-8-3-4-9-16-25/h5-7,10-13,18H,3-4,8-9,14-17,19H2,1-2H3. The van der Waals surface area contributed by atoms with Crippen LogP contribution in [0.4, 0.5) is 0 Å². The summed E-state index contributed by atoms with van der Waals surface area (Å²) in [4.78, 5) is 15.0. The zero-order valence-corrected chi connectivity index (χ0v) is 19.2. The Morgan fingerprint density at radius 2 is 1.71 bits per heavy atom. The molecule has 1 fully saturated rings. The number of carbonyl (C=O) groups excluding carboxylic acids is 1. The van der Waals surface area contributed by atoms with Crippen LogP contribution in [0.2, 0.25) is 0 Å². The summed E-state index contributed by atoms with van der Waals surface area (Å²) in [6, 6.07) is 14.8. The third-order valence-electron chi connectivity index (χ3n) is 5.70. The molecule has 0 aliphatic carbocycles. The van der Waals surface area contributed by atoms with E-state index in [0.29, 0.717) is 19.5 Å². The number of ether oxygens (including phenoxy) is 1. The molecule has 0 atom stereocenters. The molecule has 0 saturated carbocycles. The van der Waals surface area contributed by atoms with Crippen LogP contribution in [0.15, 0.2) is 53.4 Å². The zero-order chi connectivity index (χ0) is 22.3. The molecule has 0 N–H and O–H groups in total. The molecule has 2 aromatic carbocycles. The van der Waals surface area contributed by atoms with Crippen molar-refractivity contribution in [3.63, 3.8) is 0 Å². The third-order valence-corrected chi connectivity index (χ3v) is 7.57. The second-order valence-electron chi connectivity index (χ2n) is 8.02. The molecule has 1 saturated heterocycles. The second kappa shape index (κ2) is 10.8. The van der Waals surface area contributed by atoms with Gasteiger partial charge in [-0.05, 0) is 49.4 Å². The van der Waals surface area contributed by atoms with Gasteiger partial charge < -0.3 is 9.64 Å². The molecule has 1 aliphatic rings. The Hall–Kier alpha value is -2.38. The first-order valence-corrected chi connectivity index (χ1v) is 12.3. The molecule has 1 aliphatic heterocycles. The highest BCUT2D eigenvalue weighted by molar-refractivity contribution is 7.89. The number of sulfonamides is 1. The van der Waals surface area contributed by atoms with Crippen LogP contribution in [0.5, 0.6) is 5.75 Å². The van der Waals surface area contributed by atoms with Gasteiger partial charge in [0.05, 0.1) is 13.7 Å². The maximum absolute atomic E-state index is 13.6. The topological polar surface area (TPSA) is 66.9 Å². The fraction of sp³-hybridized carbons (Fsp3) is 0.458. The van der Waals surface area contributed by atoms with E-state index in [0.717, 1.165) is 36.8 Å². The van der Waals surface area contributed by atoms with Crippen LogP contribution in [-0.2, 0) is 21.2 Å². The molecule has 168 valence electrons. The number of carbonyl (C=O) groups is 1. The molecular weight excluding hydrogens is 412 g/mol. The van der Waals surface area contributed by atoms with Crippen molar-refractivity contribution in [2.24, 2.45) is 0 Å². The summed E-state index contributed by atoms with van der Waals surface area (Å²) in [6.45, 7) is 3.29. The Morgan fingerprint density at radius 3 is 2.35 bits per heavy atom. The van der Waals surface area contributed by atoms with Crippen LogP contribution in [0, 0.1) is 6.92 Å². The van der Waals surface area contributed by atoms with Crippen molar-refractivity contribution in [3.8, 4) is 5.75 Å². The van der Waals surface area contributed by atoms with Crippen molar-refractivity contribution < 1.29 is 17.9 Å². The summed E-state index contributed by atoms with van der Waals surface area (Å²) in [5.74, 6) is 0.155. The number of likely N-dealkylation sites (tertiary alicyclic amines) is 1. The fourth-order valence-electron chi connectivity index (χ4n) is 3.88. The van der Waals surface area contributed by atoms with Gasteiger partial charge in [0.25, 0.3) is 0 Å². The maximum atomic E-state index is 13.6. The van der Waals surface area contributed by atoms with Crippen LogP contribution in [-0.4, -0.2) is 56.8 Å². The molecule has 2 aromatic rings. The number of nitrogens with zero attached hydrogens (tertiary/aromatic N) is 2. The minimum absolute atomic E-state index is 0.103. The Bertz CT molecular complexity index is 968. The molecule has 6 nitrogen and oxygen atoms in total. The highest BCUT2D eigenvalue weighted by Gasteiger charge is 2.31. The lowest BCUT2D eigenvalue weighted by atomic mass is 10.1. The Kier molecular flexibility index (Phi) is 8.09. The Balaban J connectivity index is 1.88. The molecule has 0 radical (unpaired) electrons. The van der Waals surface area contributed by atoms with Gasteiger partial charge in [0, 0.05) is 19.6 Å². The molecule has 3 rings (SSSR count). The molecule has 1 heterocycles. The first-order valence-electron chi connectivity index (χ1n) is 10.9. The Morgan fingerprint density at radius 1 is 1.03 bits per heavy atom. The molecule has 0 spiro atoms. The quantitative estimate of drug-likeness (QED) is 0.624. The van der Waals surface area contributed by atoms with Crippen molar-refractivity contribution >= 4 is 15.9 Å². The molecule has 0 unspecified atom stereocenters. The molecule has 0 aromatic heterocycles. The number of hydrogen-bond donors (Lipinski definition) is 0. The average Bonchev–Trinajstić information content (AvgIpc) is 3.07. The van der Waals surface area contributed by atoms with Gasteiger partial charge in [0.15, 0.2) is 0 Å². The van der Waals surface area contributed by atoms with Gasteiger partial charge in [-0.25, -0.2) is 8.42 Å². The van der Waals surface area contributed by atoms with E-state index >= 15 is 0 Å². The van der Waals surface area contributed by atoms with Crippen molar-refractivity contribution in [3.05, 3.63) is 59.7 Å². The SMILES string of the molecule is COc1ccc(C)cc1S(=O)(=O)N(CCc1ccccc1)CC(=O)N1CCCCCC1. The minimum atomic E-state index is -3.92. The molecule has 7 heteroatoms. The predicted octanol–water partition coefficient (Wildman–Crippen LogP) is 3.64. The summed E-state index contributed by atoms with van der Waals surface area (Å²) >= 11 is 0. The largest absolute Gasteiger partial charge is 0.495 e. The van der Waals surface area contributed by atoms with Gasteiger partial charge in [0.2, 0.25) is 15.9 Å². The maximum Gasteiger partial charge on any atom is 0.247 e. The van der Waals surface area contributed by atoms with Crippen LogP contribution in [0.25, 0.3) is 0 Å². The van der Waals surface area contributed by atoms with Gasteiger partial charge in [-0.1, -0.05) is 49.2 Å². The second-order valence-corrected chi connectivity index (χ2v) is 9.93.